The number of nitrogens with zero attached hydrogens (tertiary/aromatic N) is 1. The Labute approximate surface area is 211 Å². The molecule has 1 aliphatic rings. The highest BCUT2D eigenvalue weighted by atomic mass is 16.6. The van der Waals surface area contributed by atoms with Crippen LogP contribution in [0.3, 0.4) is 0 Å². The van der Waals surface area contributed by atoms with Crippen LogP contribution in [-0.2, 0) is 14.3 Å². The molecule has 196 valence electrons. The Balaban J connectivity index is 2.47. The van der Waals surface area contributed by atoms with Crippen molar-refractivity contribution in [3.05, 3.63) is 34.9 Å². The Morgan fingerprint density at radius 2 is 1.71 bits per heavy atom. The fraction of sp³-hybridized carbons (Fsp3) is 0.679. The number of benzene rings is 1. The minimum absolute atomic E-state index is 0.0291. The lowest BCUT2D eigenvalue weighted by Gasteiger charge is -2.36. The maximum Gasteiger partial charge on any atom is 0.408 e. The first kappa shape index (κ1) is 28.7. The zero-order valence-electron chi connectivity index (χ0n) is 22.9. The van der Waals surface area contributed by atoms with Gasteiger partial charge in [0.05, 0.1) is 0 Å². The van der Waals surface area contributed by atoms with E-state index in [2.05, 4.69) is 17.6 Å². The number of ether oxygens (including phenoxy) is 1. The molecular formula is C28H45N3O4. The number of aryl methyl sites for hydroxylation is 2. The van der Waals surface area contributed by atoms with Gasteiger partial charge in [-0.2, -0.15) is 0 Å². The molecule has 2 unspecified atom stereocenters. The zero-order chi connectivity index (χ0) is 26.3. The summed E-state index contributed by atoms with van der Waals surface area (Å²) in [6.07, 6.45) is 3.36. The van der Waals surface area contributed by atoms with E-state index < -0.39 is 23.8 Å². The third-order valence-corrected chi connectivity index (χ3v) is 6.06. The van der Waals surface area contributed by atoms with E-state index in [1.54, 1.807) is 25.7 Å². The Morgan fingerprint density at radius 3 is 2.20 bits per heavy atom. The summed E-state index contributed by atoms with van der Waals surface area (Å²) in [4.78, 5) is 42.1. The predicted molar refractivity (Wildman–Crippen MR) is 139 cm³/mol. The van der Waals surface area contributed by atoms with Crippen molar-refractivity contribution in [3.63, 3.8) is 0 Å². The molecule has 35 heavy (non-hydrogen) atoms. The molecule has 2 atom stereocenters. The van der Waals surface area contributed by atoms with Gasteiger partial charge < -0.3 is 20.3 Å². The second kappa shape index (κ2) is 12.4. The monoisotopic (exact) mass is 487 g/mol. The van der Waals surface area contributed by atoms with Gasteiger partial charge in [-0.25, -0.2) is 4.79 Å². The number of carbonyl (C=O) groups excluding carboxylic acids is 3. The van der Waals surface area contributed by atoms with E-state index in [9.17, 15) is 14.4 Å². The number of amides is 3. The van der Waals surface area contributed by atoms with Gasteiger partial charge in [0, 0.05) is 12.6 Å². The molecule has 1 aromatic rings. The number of carbonyl (C=O) groups is 3. The molecule has 2 rings (SSSR count). The Hall–Kier alpha value is -2.57. The van der Waals surface area contributed by atoms with Gasteiger partial charge in [0.1, 0.15) is 17.7 Å². The molecule has 0 aliphatic heterocycles. The van der Waals surface area contributed by atoms with Crippen molar-refractivity contribution < 1.29 is 19.1 Å². The van der Waals surface area contributed by atoms with Crippen LogP contribution in [0, 0.1) is 19.8 Å². The van der Waals surface area contributed by atoms with E-state index in [0.29, 0.717) is 13.0 Å². The standard InChI is InChI=1S/C28H45N3O4/c1-9-10-16-29-25(32)24(23-19(4)12-11-13-20(23)5)31(21-14-15-21)26(33)22(17-18(2)3)30-27(34)35-28(6,7)8/h11-13,18,21-22,24H,9-10,14-17H2,1-8H3,(H,29,32)(H,30,34). The molecule has 7 heteroatoms. The molecule has 3 amide bonds. The van der Waals surface area contributed by atoms with Gasteiger partial charge in [-0.3, -0.25) is 9.59 Å². The van der Waals surface area contributed by atoms with Crippen LogP contribution in [0.15, 0.2) is 18.2 Å². The van der Waals surface area contributed by atoms with Crippen LogP contribution in [0.25, 0.3) is 0 Å². The van der Waals surface area contributed by atoms with Crippen LogP contribution in [0.5, 0.6) is 0 Å². The number of hydrogen-bond donors (Lipinski definition) is 2. The highest BCUT2D eigenvalue weighted by molar-refractivity contribution is 5.93. The number of unbranched alkanes of at least 4 members (excludes halogenated alkanes) is 1. The third-order valence-electron chi connectivity index (χ3n) is 6.06. The van der Waals surface area contributed by atoms with E-state index in [1.165, 1.54) is 0 Å². The van der Waals surface area contributed by atoms with Crippen LogP contribution < -0.4 is 10.6 Å². The fourth-order valence-electron chi connectivity index (χ4n) is 4.33. The maximum absolute atomic E-state index is 14.1. The summed E-state index contributed by atoms with van der Waals surface area (Å²) in [5, 5.41) is 5.87. The van der Waals surface area contributed by atoms with Crippen molar-refractivity contribution in [2.45, 2.75) is 111 Å². The molecule has 0 aromatic heterocycles. The lowest BCUT2D eigenvalue weighted by Crippen LogP contribution is -2.54. The molecule has 0 bridgehead atoms. The van der Waals surface area contributed by atoms with Gasteiger partial charge in [-0.15, -0.1) is 0 Å². The van der Waals surface area contributed by atoms with E-state index in [-0.39, 0.29) is 23.8 Å². The molecule has 1 fully saturated rings. The summed E-state index contributed by atoms with van der Waals surface area (Å²) in [5.41, 5.74) is 2.13. The summed E-state index contributed by atoms with van der Waals surface area (Å²) in [6.45, 7) is 16.0. The SMILES string of the molecule is CCCCNC(=O)C(c1c(C)cccc1C)N(C(=O)C(CC(C)C)NC(=O)OC(C)(C)C)C1CC1. The Bertz CT molecular complexity index is 866. The van der Waals surface area contributed by atoms with E-state index in [0.717, 1.165) is 42.4 Å². The number of nitrogens with one attached hydrogen (secondary N) is 2. The van der Waals surface area contributed by atoms with Crippen LogP contribution in [0.1, 0.15) is 96.4 Å². The summed E-state index contributed by atoms with van der Waals surface area (Å²) in [5.74, 6) is -0.237. The van der Waals surface area contributed by atoms with Crippen molar-refractivity contribution in [3.8, 4) is 0 Å². The zero-order valence-corrected chi connectivity index (χ0v) is 22.9. The lowest BCUT2D eigenvalue weighted by atomic mass is 9.92. The molecule has 0 saturated heterocycles. The number of hydrogen-bond acceptors (Lipinski definition) is 4. The Morgan fingerprint density at radius 1 is 1.11 bits per heavy atom. The highest BCUT2D eigenvalue weighted by Crippen LogP contribution is 2.38. The second-order valence-corrected chi connectivity index (χ2v) is 11.2. The minimum Gasteiger partial charge on any atom is -0.444 e. The lowest BCUT2D eigenvalue weighted by molar-refractivity contribution is -0.143. The van der Waals surface area contributed by atoms with Crippen molar-refractivity contribution >= 4 is 17.9 Å². The molecular weight excluding hydrogens is 442 g/mol. The van der Waals surface area contributed by atoms with Crippen LogP contribution in [0.2, 0.25) is 0 Å². The number of rotatable bonds is 11. The Kier molecular flexibility index (Phi) is 10.2. The topological polar surface area (TPSA) is 87.7 Å². The van der Waals surface area contributed by atoms with Crippen LogP contribution in [0.4, 0.5) is 4.79 Å². The summed E-state index contributed by atoms with van der Waals surface area (Å²) >= 11 is 0. The summed E-state index contributed by atoms with van der Waals surface area (Å²) in [7, 11) is 0. The van der Waals surface area contributed by atoms with E-state index in [1.807, 2.05) is 45.9 Å². The quantitative estimate of drug-likeness (QED) is 0.421. The van der Waals surface area contributed by atoms with E-state index in [4.69, 9.17) is 4.74 Å². The molecule has 1 saturated carbocycles. The van der Waals surface area contributed by atoms with Crippen LogP contribution >= 0.6 is 0 Å². The largest absolute Gasteiger partial charge is 0.444 e. The third kappa shape index (κ3) is 8.55. The molecule has 2 N–H and O–H groups in total. The molecule has 1 aliphatic carbocycles. The maximum atomic E-state index is 14.1. The van der Waals surface area contributed by atoms with Gasteiger partial charge >= 0.3 is 6.09 Å². The summed E-state index contributed by atoms with van der Waals surface area (Å²) < 4.78 is 5.45. The minimum atomic E-state index is -0.777. The van der Waals surface area contributed by atoms with Gasteiger partial charge in [-0.05, 0) is 82.9 Å². The second-order valence-electron chi connectivity index (χ2n) is 11.2. The molecule has 1 aromatic carbocycles. The first-order chi connectivity index (χ1) is 16.4. The summed E-state index contributed by atoms with van der Waals surface area (Å²) in [6, 6.07) is 4.38. The first-order valence-electron chi connectivity index (χ1n) is 13.0. The van der Waals surface area contributed by atoms with Gasteiger partial charge in [0.15, 0.2) is 0 Å². The number of alkyl carbamates (subject to hydrolysis) is 1. The fourth-order valence-corrected chi connectivity index (χ4v) is 4.33. The first-order valence-corrected chi connectivity index (χ1v) is 13.0. The van der Waals surface area contributed by atoms with Crippen LogP contribution in [-0.4, -0.2) is 47.0 Å². The average molecular weight is 488 g/mol. The highest BCUT2D eigenvalue weighted by Gasteiger charge is 2.44. The van der Waals surface area contributed by atoms with Gasteiger partial charge in [-0.1, -0.05) is 45.4 Å². The smallest absolute Gasteiger partial charge is 0.408 e. The molecule has 0 radical (unpaired) electrons. The van der Waals surface area contributed by atoms with Crippen molar-refractivity contribution in [2.75, 3.05) is 6.54 Å². The molecule has 0 spiro atoms. The van der Waals surface area contributed by atoms with Gasteiger partial charge in [0.2, 0.25) is 11.8 Å². The van der Waals surface area contributed by atoms with E-state index >= 15 is 0 Å². The normalized spacial score (nSPS) is 15.3. The van der Waals surface area contributed by atoms with Crippen molar-refractivity contribution in [1.82, 2.24) is 15.5 Å². The molecule has 7 nitrogen and oxygen atoms in total. The van der Waals surface area contributed by atoms with Crippen molar-refractivity contribution in [1.29, 1.82) is 0 Å². The average Bonchev–Trinajstić information content (AvgIpc) is 3.55. The predicted octanol–water partition coefficient (Wildman–Crippen LogP) is 5.19. The molecule has 0 heterocycles. The van der Waals surface area contributed by atoms with Gasteiger partial charge in [0.25, 0.3) is 0 Å². The van der Waals surface area contributed by atoms with Crippen molar-refractivity contribution in [2.24, 2.45) is 5.92 Å².